The molecule has 126 valence electrons. The Hall–Kier alpha value is -2.47. The first-order chi connectivity index (χ1) is 11.6. The van der Waals surface area contributed by atoms with Crippen molar-refractivity contribution in [1.82, 2.24) is 4.98 Å². The van der Waals surface area contributed by atoms with E-state index in [2.05, 4.69) is 15.6 Å². The molecule has 3 rings (SSSR count). The van der Waals surface area contributed by atoms with Crippen LogP contribution < -0.4 is 20.1 Å². The summed E-state index contributed by atoms with van der Waals surface area (Å²) in [7, 11) is 3.02. The van der Waals surface area contributed by atoms with Crippen LogP contribution in [0, 0.1) is 0 Å². The van der Waals surface area contributed by atoms with E-state index >= 15 is 0 Å². The van der Waals surface area contributed by atoms with Gasteiger partial charge in [0, 0.05) is 30.6 Å². The maximum atomic E-state index is 12.5. The molecule has 0 atom stereocenters. The lowest BCUT2D eigenvalue weighted by Gasteiger charge is -2.13. The van der Waals surface area contributed by atoms with Gasteiger partial charge >= 0.3 is 0 Å². The molecular weight excluding hydrogens is 330 g/mol. The number of nitrogens with zero attached hydrogens (tertiary/aromatic N) is 1. The lowest BCUT2D eigenvalue weighted by molar-refractivity contribution is 0.102. The van der Waals surface area contributed by atoms with Crippen molar-refractivity contribution in [3.8, 4) is 11.5 Å². The fourth-order valence-electron chi connectivity index (χ4n) is 2.26. The molecule has 0 unspecified atom stereocenters. The van der Waals surface area contributed by atoms with Gasteiger partial charge in [-0.05, 0) is 18.9 Å². The molecule has 1 aliphatic rings. The molecule has 1 heterocycles. The molecule has 1 saturated carbocycles. The van der Waals surface area contributed by atoms with Gasteiger partial charge in [0.15, 0.2) is 0 Å². The Kier molecular flexibility index (Phi) is 4.76. The first-order valence-electron chi connectivity index (χ1n) is 7.55. The fraction of sp³-hybridized carbons (Fsp3) is 0.294. The number of anilines is 2. The minimum atomic E-state index is -0.287. The second-order valence-corrected chi connectivity index (χ2v) is 5.93. The van der Waals surface area contributed by atoms with Crippen LogP contribution in [0.2, 0.25) is 5.02 Å². The molecule has 0 bridgehead atoms. The zero-order chi connectivity index (χ0) is 17.1. The van der Waals surface area contributed by atoms with Crippen molar-refractivity contribution in [3.63, 3.8) is 0 Å². The second-order valence-electron chi connectivity index (χ2n) is 5.52. The van der Waals surface area contributed by atoms with Gasteiger partial charge in [-0.25, -0.2) is 0 Å². The van der Waals surface area contributed by atoms with E-state index in [-0.39, 0.29) is 5.91 Å². The van der Waals surface area contributed by atoms with E-state index in [1.165, 1.54) is 20.4 Å². The topological polar surface area (TPSA) is 72.5 Å². The normalized spacial score (nSPS) is 13.3. The fourth-order valence-corrected chi connectivity index (χ4v) is 2.49. The predicted octanol–water partition coefficient (Wildman–Crippen LogP) is 3.58. The van der Waals surface area contributed by atoms with Gasteiger partial charge in [0.1, 0.15) is 11.5 Å². The summed E-state index contributed by atoms with van der Waals surface area (Å²) in [6, 6.07) is 5.49. The Morgan fingerprint density at radius 3 is 2.58 bits per heavy atom. The average Bonchev–Trinajstić information content (AvgIpc) is 3.40. The number of rotatable bonds is 6. The maximum absolute atomic E-state index is 12.5. The standard InChI is InChI=1S/C17H18ClN3O3/c1-23-15-7-14(16(24-2)6-13(15)18)21-17(22)10-5-12(9-19-8-10)20-11-3-4-11/h5-9,11,20H,3-4H2,1-2H3,(H,21,22). The van der Waals surface area contributed by atoms with Crippen LogP contribution in [0.5, 0.6) is 11.5 Å². The minimum Gasteiger partial charge on any atom is -0.495 e. The molecule has 0 spiro atoms. The summed E-state index contributed by atoms with van der Waals surface area (Å²) in [6.07, 6.45) is 5.53. The first-order valence-corrected chi connectivity index (χ1v) is 7.93. The average molecular weight is 348 g/mol. The minimum absolute atomic E-state index is 0.287. The number of hydrogen-bond acceptors (Lipinski definition) is 5. The van der Waals surface area contributed by atoms with E-state index in [0.717, 1.165) is 18.5 Å². The quantitative estimate of drug-likeness (QED) is 0.835. The SMILES string of the molecule is COc1cc(NC(=O)c2cncc(NC3CC3)c2)c(OC)cc1Cl. The van der Waals surface area contributed by atoms with Crippen LogP contribution in [0.1, 0.15) is 23.2 Å². The Morgan fingerprint density at radius 2 is 1.92 bits per heavy atom. The summed E-state index contributed by atoms with van der Waals surface area (Å²) < 4.78 is 10.4. The Morgan fingerprint density at radius 1 is 1.17 bits per heavy atom. The Balaban J connectivity index is 1.81. The van der Waals surface area contributed by atoms with Gasteiger partial charge in [0.2, 0.25) is 0 Å². The molecular formula is C17H18ClN3O3. The molecule has 1 aromatic heterocycles. The van der Waals surface area contributed by atoms with Crippen LogP contribution in [0.15, 0.2) is 30.6 Å². The molecule has 6 nitrogen and oxygen atoms in total. The maximum Gasteiger partial charge on any atom is 0.257 e. The van der Waals surface area contributed by atoms with Gasteiger partial charge in [-0.3, -0.25) is 9.78 Å². The number of halogens is 1. The number of benzene rings is 1. The summed E-state index contributed by atoms with van der Waals surface area (Å²) in [4.78, 5) is 16.6. The lowest BCUT2D eigenvalue weighted by atomic mass is 10.2. The van der Waals surface area contributed by atoms with Crippen LogP contribution >= 0.6 is 11.6 Å². The number of amides is 1. The van der Waals surface area contributed by atoms with Gasteiger partial charge in [0.25, 0.3) is 5.91 Å². The van der Waals surface area contributed by atoms with E-state index in [1.807, 2.05) is 0 Å². The molecule has 1 amide bonds. The summed E-state index contributed by atoms with van der Waals surface area (Å²) in [5.74, 6) is 0.619. The second kappa shape index (κ2) is 6.97. The first kappa shape index (κ1) is 16.4. The third-order valence-corrected chi connectivity index (χ3v) is 3.97. The summed E-state index contributed by atoms with van der Waals surface area (Å²) in [6.45, 7) is 0. The van der Waals surface area contributed by atoms with Crippen molar-refractivity contribution < 1.29 is 14.3 Å². The Bertz CT molecular complexity index is 763. The zero-order valence-electron chi connectivity index (χ0n) is 13.4. The molecule has 0 saturated heterocycles. The van der Waals surface area contributed by atoms with E-state index in [4.69, 9.17) is 21.1 Å². The third-order valence-electron chi connectivity index (χ3n) is 3.67. The number of nitrogens with one attached hydrogen (secondary N) is 2. The highest BCUT2D eigenvalue weighted by molar-refractivity contribution is 6.32. The molecule has 24 heavy (non-hydrogen) atoms. The van der Waals surface area contributed by atoms with Gasteiger partial charge in [-0.2, -0.15) is 0 Å². The van der Waals surface area contributed by atoms with Crippen LogP contribution in [-0.2, 0) is 0 Å². The van der Waals surface area contributed by atoms with Crippen molar-refractivity contribution in [2.45, 2.75) is 18.9 Å². The molecule has 1 aromatic carbocycles. The molecule has 7 heteroatoms. The number of hydrogen-bond donors (Lipinski definition) is 2. The van der Waals surface area contributed by atoms with Gasteiger partial charge < -0.3 is 20.1 Å². The predicted molar refractivity (Wildman–Crippen MR) is 93.4 cm³/mol. The van der Waals surface area contributed by atoms with Crippen molar-refractivity contribution in [3.05, 3.63) is 41.2 Å². The summed E-state index contributed by atoms with van der Waals surface area (Å²) >= 11 is 6.07. The molecule has 1 fully saturated rings. The van der Waals surface area contributed by atoms with Crippen molar-refractivity contribution >= 4 is 28.9 Å². The molecule has 2 N–H and O–H groups in total. The van der Waals surface area contributed by atoms with Crippen LogP contribution in [0.4, 0.5) is 11.4 Å². The van der Waals surface area contributed by atoms with Crippen molar-refractivity contribution in [1.29, 1.82) is 0 Å². The van der Waals surface area contributed by atoms with Gasteiger partial charge in [0.05, 0.1) is 36.2 Å². The van der Waals surface area contributed by atoms with Crippen molar-refractivity contribution in [2.24, 2.45) is 0 Å². The van der Waals surface area contributed by atoms with E-state index in [9.17, 15) is 4.79 Å². The largest absolute Gasteiger partial charge is 0.495 e. The third kappa shape index (κ3) is 3.71. The Labute approximate surface area is 145 Å². The van der Waals surface area contributed by atoms with E-state index < -0.39 is 0 Å². The zero-order valence-corrected chi connectivity index (χ0v) is 14.2. The van der Waals surface area contributed by atoms with Crippen LogP contribution in [0.3, 0.4) is 0 Å². The number of ether oxygens (including phenoxy) is 2. The number of methoxy groups -OCH3 is 2. The highest BCUT2D eigenvalue weighted by Gasteiger charge is 2.21. The summed E-state index contributed by atoms with van der Waals surface area (Å²) in [5.41, 5.74) is 1.77. The number of pyridine rings is 1. The molecule has 0 radical (unpaired) electrons. The lowest BCUT2D eigenvalue weighted by Crippen LogP contribution is -2.14. The van der Waals surface area contributed by atoms with Gasteiger partial charge in [-0.15, -0.1) is 0 Å². The van der Waals surface area contributed by atoms with Crippen LogP contribution in [0.25, 0.3) is 0 Å². The molecule has 0 aliphatic heterocycles. The van der Waals surface area contributed by atoms with Crippen molar-refractivity contribution in [2.75, 3.05) is 24.9 Å². The number of carbonyl (C=O) groups is 1. The molecule has 2 aromatic rings. The number of aromatic nitrogens is 1. The number of carbonyl (C=O) groups excluding carboxylic acids is 1. The molecule has 1 aliphatic carbocycles. The highest BCUT2D eigenvalue weighted by Crippen LogP contribution is 2.36. The monoisotopic (exact) mass is 347 g/mol. The smallest absolute Gasteiger partial charge is 0.257 e. The highest BCUT2D eigenvalue weighted by atomic mass is 35.5. The van der Waals surface area contributed by atoms with Gasteiger partial charge in [-0.1, -0.05) is 11.6 Å². The summed E-state index contributed by atoms with van der Waals surface area (Å²) in [5, 5.41) is 6.53. The van der Waals surface area contributed by atoms with E-state index in [0.29, 0.717) is 33.8 Å². The van der Waals surface area contributed by atoms with Crippen LogP contribution in [-0.4, -0.2) is 31.2 Å². The van der Waals surface area contributed by atoms with E-state index in [1.54, 1.807) is 24.4 Å².